The molecule has 4 heterocycles. The van der Waals surface area contributed by atoms with E-state index >= 15 is 0 Å². The molecule has 0 saturated carbocycles. The largest absolute Gasteiger partial charge is 0.264 e. The van der Waals surface area contributed by atoms with E-state index in [1.165, 1.54) is 27.3 Å². The maximum Gasteiger partial charge on any atom is 0.160 e. The quantitative estimate of drug-likeness (QED) is 0.169. The molecule has 0 N–H and O–H groups in total. The van der Waals surface area contributed by atoms with Crippen molar-refractivity contribution < 1.29 is 0 Å². The summed E-state index contributed by atoms with van der Waals surface area (Å²) in [5, 5.41) is 3.60. The Bertz CT molecular complexity index is 2550. The summed E-state index contributed by atoms with van der Waals surface area (Å²) in [6, 6.07) is 52.6. The Hall–Kier alpha value is -6.85. The van der Waals surface area contributed by atoms with E-state index in [2.05, 4.69) is 131 Å². The average molecular weight is 640 g/mol. The van der Waals surface area contributed by atoms with E-state index in [0.29, 0.717) is 5.82 Å². The van der Waals surface area contributed by atoms with Crippen molar-refractivity contribution in [2.24, 2.45) is 0 Å². The lowest BCUT2D eigenvalue weighted by molar-refractivity contribution is 1.17. The van der Waals surface area contributed by atoms with Gasteiger partial charge in [-0.1, -0.05) is 109 Å². The Balaban J connectivity index is 1.06. The predicted octanol–water partition coefficient (Wildman–Crippen LogP) is 11.0. The van der Waals surface area contributed by atoms with Crippen LogP contribution in [0.25, 0.3) is 89.1 Å². The molecule has 5 nitrogen and oxygen atoms in total. The highest BCUT2D eigenvalue weighted by molar-refractivity contribution is 6.13. The first-order valence-electron chi connectivity index (χ1n) is 16.6. The van der Waals surface area contributed by atoms with Crippen molar-refractivity contribution in [3.8, 4) is 67.4 Å². The Morgan fingerprint density at radius 3 is 1.56 bits per heavy atom. The minimum atomic E-state index is 0.650. The molecule has 5 heteroatoms. The molecule has 0 atom stereocenters. The molecule has 9 rings (SSSR count). The van der Waals surface area contributed by atoms with E-state index in [1.54, 1.807) is 12.4 Å². The number of aromatic nitrogens is 5. The zero-order chi connectivity index (χ0) is 33.3. The lowest BCUT2D eigenvalue weighted by atomic mass is 9.94. The van der Waals surface area contributed by atoms with Crippen LogP contribution in [0.2, 0.25) is 0 Å². The monoisotopic (exact) mass is 639 g/mol. The molecule has 0 radical (unpaired) electrons. The molecule has 9 aromatic rings. The van der Waals surface area contributed by atoms with Crippen molar-refractivity contribution in [2.45, 2.75) is 0 Å². The molecule has 5 aromatic carbocycles. The third-order valence-corrected chi connectivity index (χ3v) is 9.08. The molecule has 0 amide bonds. The molecular weight excluding hydrogens is 611 g/mol. The minimum absolute atomic E-state index is 0.650. The normalized spacial score (nSPS) is 11.2. The molecule has 0 bridgehead atoms. The number of nitrogens with zero attached hydrogens (tertiary/aromatic N) is 5. The third kappa shape index (κ3) is 5.57. The molecule has 0 aliphatic heterocycles. The highest BCUT2D eigenvalue weighted by Gasteiger charge is 2.14. The van der Waals surface area contributed by atoms with E-state index in [0.717, 1.165) is 56.0 Å². The van der Waals surface area contributed by atoms with Crippen LogP contribution in [0.3, 0.4) is 0 Å². The van der Waals surface area contributed by atoms with Crippen molar-refractivity contribution in [3.63, 3.8) is 0 Å². The molecule has 0 unspecified atom stereocenters. The fourth-order valence-electron chi connectivity index (χ4n) is 6.55. The summed E-state index contributed by atoms with van der Waals surface area (Å²) in [6.07, 6.45) is 7.18. The number of rotatable bonds is 6. The second-order valence-electron chi connectivity index (χ2n) is 12.2. The number of pyridine rings is 3. The van der Waals surface area contributed by atoms with Gasteiger partial charge in [0.2, 0.25) is 0 Å². The Morgan fingerprint density at radius 1 is 0.360 bits per heavy atom. The molecule has 4 aromatic heterocycles. The van der Waals surface area contributed by atoms with Gasteiger partial charge < -0.3 is 0 Å². The molecule has 0 fully saturated rings. The van der Waals surface area contributed by atoms with Crippen LogP contribution in [-0.4, -0.2) is 24.9 Å². The van der Waals surface area contributed by atoms with Crippen molar-refractivity contribution in [1.82, 2.24) is 24.9 Å². The van der Waals surface area contributed by atoms with Gasteiger partial charge in [-0.15, -0.1) is 0 Å². The van der Waals surface area contributed by atoms with Gasteiger partial charge in [-0.25, -0.2) is 15.0 Å². The third-order valence-electron chi connectivity index (χ3n) is 9.08. The number of hydrogen-bond donors (Lipinski definition) is 0. The summed E-state index contributed by atoms with van der Waals surface area (Å²) in [4.78, 5) is 23.6. The van der Waals surface area contributed by atoms with Gasteiger partial charge >= 0.3 is 0 Å². The average Bonchev–Trinajstić information content (AvgIpc) is 3.21. The van der Waals surface area contributed by atoms with E-state index in [-0.39, 0.29) is 0 Å². The molecule has 0 spiro atoms. The fraction of sp³-hybridized carbons (Fsp3) is 0. The van der Waals surface area contributed by atoms with Crippen molar-refractivity contribution >= 4 is 21.7 Å². The van der Waals surface area contributed by atoms with Crippen LogP contribution >= 0.6 is 0 Å². The van der Waals surface area contributed by atoms with Gasteiger partial charge in [0.05, 0.1) is 22.6 Å². The van der Waals surface area contributed by atoms with Gasteiger partial charge in [-0.3, -0.25) is 9.97 Å². The fourth-order valence-corrected chi connectivity index (χ4v) is 6.55. The van der Waals surface area contributed by atoms with Crippen molar-refractivity contribution in [3.05, 3.63) is 176 Å². The maximum absolute atomic E-state index is 5.17. The Kier molecular flexibility index (Phi) is 7.41. The molecule has 0 saturated heterocycles. The van der Waals surface area contributed by atoms with Crippen molar-refractivity contribution in [2.75, 3.05) is 0 Å². The van der Waals surface area contributed by atoms with Crippen LogP contribution in [0.5, 0.6) is 0 Å². The first kappa shape index (κ1) is 29.3. The van der Waals surface area contributed by atoms with Gasteiger partial charge in [0.15, 0.2) is 5.82 Å². The number of fused-ring (bicyclic) bond motifs is 3. The van der Waals surface area contributed by atoms with Crippen molar-refractivity contribution in [1.29, 1.82) is 0 Å². The Labute approximate surface area is 289 Å². The lowest BCUT2D eigenvalue weighted by Crippen LogP contribution is -1.96. The van der Waals surface area contributed by atoms with E-state index in [1.807, 2.05) is 42.7 Å². The highest BCUT2D eigenvalue weighted by Crippen LogP contribution is 2.37. The lowest BCUT2D eigenvalue weighted by Gasteiger charge is -2.13. The van der Waals surface area contributed by atoms with Gasteiger partial charge in [0.1, 0.15) is 0 Å². The minimum Gasteiger partial charge on any atom is -0.264 e. The van der Waals surface area contributed by atoms with Crippen LogP contribution in [0.4, 0.5) is 0 Å². The van der Waals surface area contributed by atoms with Gasteiger partial charge in [0, 0.05) is 52.4 Å². The van der Waals surface area contributed by atoms with Crippen LogP contribution in [0, 0.1) is 0 Å². The van der Waals surface area contributed by atoms with E-state index in [9.17, 15) is 0 Å². The zero-order valence-electron chi connectivity index (χ0n) is 27.0. The number of hydrogen-bond acceptors (Lipinski definition) is 5. The SMILES string of the molecule is c1ccc(-c2cc(-c3ccc(-c4ccc(-c5nc(-c6cccnc6)cc(-c6cccnc6)n5)cc4)cc3)nc3ccc4ccccc4c23)cc1. The van der Waals surface area contributed by atoms with Gasteiger partial charge in [0.25, 0.3) is 0 Å². The molecular formula is C45H29N5. The molecule has 234 valence electrons. The summed E-state index contributed by atoms with van der Waals surface area (Å²) < 4.78 is 0. The van der Waals surface area contributed by atoms with Gasteiger partial charge in [-0.05, 0) is 75.5 Å². The molecule has 0 aliphatic rings. The Morgan fingerprint density at radius 2 is 0.920 bits per heavy atom. The van der Waals surface area contributed by atoms with Crippen LogP contribution in [0.15, 0.2) is 176 Å². The zero-order valence-corrected chi connectivity index (χ0v) is 27.0. The second kappa shape index (κ2) is 12.6. The summed E-state index contributed by atoms with van der Waals surface area (Å²) in [5.74, 6) is 0.650. The first-order chi connectivity index (χ1) is 24.8. The standard InChI is InChI=1S/C45H29N5/c1-2-8-32(9-3-1)39-26-41(48-40-23-22-33-10-4-5-13-38(33)44(39)40)34-18-14-30(15-19-34)31-16-20-35(21-17-31)45-49-42(36-11-6-24-46-28-36)27-43(50-45)37-12-7-25-47-29-37/h1-29H. The van der Waals surface area contributed by atoms with Crippen LogP contribution < -0.4 is 0 Å². The summed E-state index contributed by atoms with van der Waals surface area (Å²) >= 11 is 0. The number of benzene rings is 5. The summed E-state index contributed by atoms with van der Waals surface area (Å²) in [7, 11) is 0. The summed E-state index contributed by atoms with van der Waals surface area (Å²) in [5.41, 5.74) is 12.0. The van der Waals surface area contributed by atoms with Gasteiger partial charge in [-0.2, -0.15) is 0 Å². The predicted molar refractivity (Wildman–Crippen MR) is 203 cm³/mol. The second-order valence-corrected chi connectivity index (χ2v) is 12.2. The molecule has 50 heavy (non-hydrogen) atoms. The summed E-state index contributed by atoms with van der Waals surface area (Å²) in [6.45, 7) is 0. The topological polar surface area (TPSA) is 64.5 Å². The van der Waals surface area contributed by atoms with E-state index < -0.39 is 0 Å². The maximum atomic E-state index is 5.17. The molecule has 0 aliphatic carbocycles. The van der Waals surface area contributed by atoms with E-state index in [4.69, 9.17) is 15.0 Å². The highest BCUT2D eigenvalue weighted by atomic mass is 14.9. The van der Waals surface area contributed by atoms with Crippen LogP contribution in [0.1, 0.15) is 0 Å². The smallest absolute Gasteiger partial charge is 0.160 e. The van der Waals surface area contributed by atoms with Crippen LogP contribution in [-0.2, 0) is 0 Å². The first-order valence-corrected chi connectivity index (χ1v) is 16.6.